The van der Waals surface area contributed by atoms with E-state index in [-0.39, 0.29) is 17.9 Å². The summed E-state index contributed by atoms with van der Waals surface area (Å²) in [6, 6.07) is 18.1. The molecule has 0 unspecified atom stereocenters. The SMILES string of the molecule is CCCCc1ccc(N2C(=O)C[C@H]([NH+]3CCN(c4ccccc4)CC3)C2=O)cc1. The molecule has 2 aromatic rings. The molecule has 0 bridgehead atoms. The van der Waals surface area contributed by atoms with Gasteiger partial charge in [-0.3, -0.25) is 9.59 Å². The van der Waals surface area contributed by atoms with Crippen LogP contribution in [0.2, 0.25) is 0 Å². The zero-order valence-corrected chi connectivity index (χ0v) is 17.1. The molecular weight excluding hydrogens is 362 g/mol. The third-order valence-corrected chi connectivity index (χ3v) is 6.18. The van der Waals surface area contributed by atoms with Crippen LogP contribution in [0.4, 0.5) is 11.4 Å². The highest BCUT2D eigenvalue weighted by Crippen LogP contribution is 2.23. The Morgan fingerprint density at radius 2 is 1.62 bits per heavy atom. The summed E-state index contributed by atoms with van der Waals surface area (Å²) < 4.78 is 0. The lowest BCUT2D eigenvalue weighted by atomic mass is 10.1. The Kier molecular flexibility index (Phi) is 5.95. The number of nitrogens with one attached hydrogen (secondary N) is 1. The number of anilines is 2. The summed E-state index contributed by atoms with van der Waals surface area (Å²) in [7, 11) is 0. The van der Waals surface area contributed by atoms with Gasteiger partial charge in [0.15, 0.2) is 6.04 Å². The highest BCUT2D eigenvalue weighted by atomic mass is 16.2. The maximum atomic E-state index is 13.1. The van der Waals surface area contributed by atoms with Crippen LogP contribution in [0.15, 0.2) is 54.6 Å². The Balaban J connectivity index is 1.39. The summed E-state index contributed by atoms with van der Waals surface area (Å²) in [5.41, 5.74) is 3.20. The zero-order chi connectivity index (χ0) is 20.2. The first-order valence-corrected chi connectivity index (χ1v) is 10.8. The number of quaternary nitrogens is 1. The summed E-state index contributed by atoms with van der Waals surface area (Å²) in [4.78, 5) is 30.8. The quantitative estimate of drug-likeness (QED) is 0.766. The lowest BCUT2D eigenvalue weighted by Gasteiger charge is -2.35. The van der Waals surface area contributed by atoms with E-state index in [1.54, 1.807) is 0 Å². The highest BCUT2D eigenvalue weighted by Gasteiger charge is 2.46. The number of piperazine rings is 1. The van der Waals surface area contributed by atoms with Crippen LogP contribution in [0, 0.1) is 0 Å². The molecule has 2 fully saturated rings. The van der Waals surface area contributed by atoms with Gasteiger partial charge in [0.05, 0.1) is 38.3 Å². The third kappa shape index (κ3) is 4.20. The fourth-order valence-corrected chi connectivity index (χ4v) is 4.45. The molecule has 2 aliphatic heterocycles. The first kappa shape index (κ1) is 19.6. The molecular formula is C24H30N3O2+. The van der Waals surface area contributed by atoms with Crippen LogP contribution >= 0.6 is 0 Å². The third-order valence-electron chi connectivity index (χ3n) is 6.18. The number of aryl methyl sites for hydroxylation is 1. The number of hydrogen-bond acceptors (Lipinski definition) is 3. The number of unbranched alkanes of at least 4 members (excludes halogenated alkanes) is 1. The van der Waals surface area contributed by atoms with Crippen LogP contribution in [0.25, 0.3) is 0 Å². The average molecular weight is 393 g/mol. The molecule has 152 valence electrons. The van der Waals surface area contributed by atoms with Gasteiger partial charge in [-0.05, 0) is 42.7 Å². The van der Waals surface area contributed by atoms with Crippen LogP contribution in [0.1, 0.15) is 31.7 Å². The first-order valence-electron chi connectivity index (χ1n) is 10.8. The van der Waals surface area contributed by atoms with E-state index in [0.717, 1.165) is 45.4 Å². The van der Waals surface area contributed by atoms with E-state index in [1.807, 2.05) is 30.3 Å². The molecule has 0 radical (unpaired) electrons. The summed E-state index contributed by atoms with van der Waals surface area (Å²) >= 11 is 0. The summed E-state index contributed by atoms with van der Waals surface area (Å²) in [6.45, 7) is 5.75. The maximum Gasteiger partial charge on any atom is 0.292 e. The van der Waals surface area contributed by atoms with Gasteiger partial charge in [-0.1, -0.05) is 43.7 Å². The second-order valence-electron chi connectivity index (χ2n) is 8.07. The molecule has 2 aromatic carbocycles. The van der Waals surface area contributed by atoms with Crippen molar-refractivity contribution in [1.29, 1.82) is 0 Å². The minimum atomic E-state index is -0.250. The number of carbonyl (C=O) groups excluding carboxylic acids is 2. The number of para-hydroxylation sites is 1. The second kappa shape index (κ2) is 8.78. The number of carbonyl (C=O) groups is 2. The van der Waals surface area contributed by atoms with Crippen molar-refractivity contribution < 1.29 is 14.5 Å². The van der Waals surface area contributed by atoms with Crippen molar-refractivity contribution in [3.05, 3.63) is 60.2 Å². The Morgan fingerprint density at radius 3 is 2.28 bits per heavy atom. The number of nitrogens with zero attached hydrogens (tertiary/aromatic N) is 2. The Labute approximate surface area is 172 Å². The molecule has 2 amide bonds. The molecule has 2 aliphatic rings. The minimum absolute atomic E-state index is 0.0422. The van der Waals surface area contributed by atoms with Gasteiger partial charge in [0.2, 0.25) is 5.91 Å². The van der Waals surface area contributed by atoms with E-state index in [4.69, 9.17) is 0 Å². The molecule has 0 aromatic heterocycles. The monoisotopic (exact) mass is 392 g/mol. The standard InChI is InChI=1S/C24H29N3O2/c1-2-3-7-19-10-12-21(13-11-19)27-23(28)18-22(24(27)29)26-16-14-25(15-17-26)20-8-5-4-6-9-20/h4-6,8-13,22H,2-3,7,14-18H2,1H3/p+1/t22-/m0/s1. The van der Waals surface area contributed by atoms with Gasteiger partial charge in [0.25, 0.3) is 5.91 Å². The van der Waals surface area contributed by atoms with Crippen LogP contribution in [-0.4, -0.2) is 44.0 Å². The molecule has 5 heteroatoms. The van der Waals surface area contributed by atoms with E-state index >= 15 is 0 Å². The van der Waals surface area contributed by atoms with Crippen molar-refractivity contribution in [3.63, 3.8) is 0 Å². The summed E-state index contributed by atoms with van der Waals surface area (Å²) in [5, 5.41) is 0. The summed E-state index contributed by atoms with van der Waals surface area (Å²) in [6.07, 6.45) is 3.67. The number of benzene rings is 2. The number of hydrogen-bond donors (Lipinski definition) is 1. The van der Waals surface area contributed by atoms with E-state index in [2.05, 4.69) is 36.1 Å². The molecule has 1 atom stereocenters. The van der Waals surface area contributed by atoms with E-state index < -0.39 is 0 Å². The van der Waals surface area contributed by atoms with Crippen LogP contribution in [0.5, 0.6) is 0 Å². The normalized spacial score (nSPS) is 20.5. The maximum absolute atomic E-state index is 13.1. The molecule has 29 heavy (non-hydrogen) atoms. The zero-order valence-electron chi connectivity index (χ0n) is 17.1. The van der Waals surface area contributed by atoms with Gasteiger partial charge in [0.1, 0.15) is 0 Å². The predicted molar refractivity (Wildman–Crippen MR) is 115 cm³/mol. The molecule has 2 saturated heterocycles. The molecule has 0 saturated carbocycles. The average Bonchev–Trinajstić information content (AvgIpc) is 3.07. The molecule has 0 aliphatic carbocycles. The van der Waals surface area contributed by atoms with E-state index in [9.17, 15) is 9.59 Å². The van der Waals surface area contributed by atoms with Gasteiger partial charge in [-0.15, -0.1) is 0 Å². The van der Waals surface area contributed by atoms with Crippen molar-refractivity contribution >= 4 is 23.2 Å². The van der Waals surface area contributed by atoms with Crippen molar-refractivity contribution in [2.45, 2.75) is 38.6 Å². The van der Waals surface area contributed by atoms with Gasteiger partial charge >= 0.3 is 0 Å². The predicted octanol–water partition coefficient (Wildman–Crippen LogP) is 2.07. The van der Waals surface area contributed by atoms with E-state index in [1.165, 1.54) is 21.1 Å². The van der Waals surface area contributed by atoms with E-state index in [0.29, 0.717) is 12.1 Å². The largest absolute Gasteiger partial charge is 0.360 e. The summed E-state index contributed by atoms with van der Waals surface area (Å²) in [5.74, 6) is -0.112. The number of rotatable bonds is 6. The lowest BCUT2D eigenvalue weighted by Crippen LogP contribution is -3.19. The molecule has 4 rings (SSSR count). The fourth-order valence-electron chi connectivity index (χ4n) is 4.45. The number of amides is 2. The van der Waals surface area contributed by atoms with Crippen molar-refractivity contribution in [3.8, 4) is 0 Å². The van der Waals surface area contributed by atoms with Crippen LogP contribution in [-0.2, 0) is 16.0 Å². The van der Waals surface area contributed by atoms with Crippen molar-refractivity contribution in [2.24, 2.45) is 0 Å². The molecule has 5 nitrogen and oxygen atoms in total. The highest BCUT2D eigenvalue weighted by molar-refractivity contribution is 6.21. The molecule has 1 N–H and O–H groups in total. The van der Waals surface area contributed by atoms with Gasteiger partial charge in [0, 0.05) is 5.69 Å². The molecule has 0 spiro atoms. The Bertz CT molecular complexity index is 842. The minimum Gasteiger partial charge on any atom is -0.360 e. The fraction of sp³-hybridized carbons (Fsp3) is 0.417. The lowest BCUT2D eigenvalue weighted by molar-refractivity contribution is -0.915. The van der Waals surface area contributed by atoms with Crippen LogP contribution in [0.3, 0.4) is 0 Å². The van der Waals surface area contributed by atoms with Crippen LogP contribution < -0.4 is 14.7 Å². The Morgan fingerprint density at radius 1 is 0.931 bits per heavy atom. The second-order valence-corrected chi connectivity index (χ2v) is 8.07. The smallest absolute Gasteiger partial charge is 0.292 e. The van der Waals surface area contributed by atoms with Gasteiger partial charge in [-0.2, -0.15) is 0 Å². The Hall–Kier alpha value is -2.66. The van der Waals surface area contributed by atoms with Gasteiger partial charge < -0.3 is 9.80 Å². The van der Waals surface area contributed by atoms with Crippen molar-refractivity contribution in [2.75, 3.05) is 36.0 Å². The van der Waals surface area contributed by atoms with Crippen molar-refractivity contribution in [1.82, 2.24) is 0 Å². The van der Waals surface area contributed by atoms with Gasteiger partial charge in [-0.25, -0.2) is 4.90 Å². The number of imide groups is 1. The molecule has 2 heterocycles. The first-order chi connectivity index (χ1) is 14.2. The topological polar surface area (TPSA) is 45.1 Å².